The van der Waals surface area contributed by atoms with E-state index in [2.05, 4.69) is 199 Å². The number of fused-ring (bicyclic) bond motifs is 6. The fourth-order valence-electron chi connectivity index (χ4n) is 8.95. The van der Waals surface area contributed by atoms with E-state index in [0.29, 0.717) is 0 Å². The van der Waals surface area contributed by atoms with Gasteiger partial charge in [-0.05, 0) is 81.1 Å². The first kappa shape index (κ1) is 30.1. The zero-order valence-electron chi connectivity index (χ0n) is 28.8. The van der Waals surface area contributed by atoms with Crippen LogP contribution in [0.15, 0.2) is 194 Å². The largest absolute Gasteiger partial charge is 0.310 e. The number of nitrogens with zero attached hydrogens (tertiary/aromatic N) is 2. The summed E-state index contributed by atoms with van der Waals surface area (Å²) >= 11 is 1.79. The number of benzene rings is 8. The Morgan fingerprint density at radius 2 is 1.02 bits per heavy atom. The van der Waals surface area contributed by atoms with E-state index in [1.165, 1.54) is 60.2 Å². The molecule has 0 amide bonds. The standard InChI is InChI=1S/C50H32N2S/c1-4-17-35(18-5-1)50(36-19-6-2-7-20-36)42-26-11-10-23-39(42)46-43(50)27-14-28-44(46)52(37-21-8-3-9-22-37)38-31-29-34(30-32-38)49-51-47-40-24-12-15-33-16-13-25-41(45(33)40)48(47)53-49/h1-32H. The van der Waals surface area contributed by atoms with Crippen molar-refractivity contribution in [3.05, 3.63) is 216 Å². The Labute approximate surface area is 312 Å². The van der Waals surface area contributed by atoms with Gasteiger partial charge in [-0.3, -0.25) is 0 Å². The number of thiazole rings is 1. The first-order valence-corrected chi connectivity index (χ1v) is 19.0. The van der Waals surface area contributed by atoms with Gasteiger partial charge in [-0.1, -0.05) is 152 Å². The molecule has 2 aliphatic rings. The molecule has 0 bridgehead atoms. The summed E-state index contributed by atoms with van der Waals surface area (Å²) in [7, 11) is 0. The Balaban J connectivity index is 1.08. The van der Waals surface area contributed by atoms with Crippen molar-refractivity contribution >= 4 is 39.2 Å². The highest BCUT2D eigenvalue weighted by atomic mass is 32.1. The fraction of sp³-hybridized carbons (Fsp3) is 0.0200. The van der Waals surface area contributed by atoms with Crippen molar-refractivity contribution in [2.75, 3.05) is 4.90 Å². The summed E-state index contributed by atoms with van der Waals surface area (Å²) in [6, 6.07) is 70.8. The zero-order valence-corrected chi connectivity index (χ0v) is 29.6. The average molecular weight is 693 g/mol. The molecule has 0 atom stereocenters. The van der Waals surface area contributed by atoms with Crippen molar-refractivity contribution in [2.24, 2.45) is 0 Å². The van der Waals surface area contributed by atoms with Gasteiger partial charge in [0.15, 0.2) is 0 Å². The van der Waals surface area contributed by atoms with Crippen molar-refractivity contribution in [2.45, 2.75) is 5.41 Å². The molecule has 0 saturated heterocycles. The van der Waals surface area contributed by atoms with Crippen LogP contribution in [0.4, 0.5) is 17.1 Å². The van der Waals surface area contributed by atoms with Crippen LogP contribution in [0.2, 0.25) is 0 Å². The van der Waals surface area contributed by atoms with E-state index in [4.69, 9.17) is 4.98 Å². The van der Waals surface area contributed by atoms with Crippen LogP contribution in [-0.2, 0) is 5.41 Å². The monoisotopic (exact) mass is 692 g/mol. The lowest BCUT2D eigenvalue weighted by molar-refractivity contribution is 0.768. The van der Waals surface area contributed by atoms with Crippen LogP contribution in [0.1, 0.15) is 22.3 Å². The minimum Gasteiger partial charge on any atom is -0.310 e. The summed E-state index contributed by atoms with van der Waals surface area (Å²) in [5.74, 6) is 0. The number of rotatable bonds is 6. The lowest BCUT2D eigenvalue weighted by Gasteiger charge is -2.34. The molecule has 1 aromatic heterocycles. The van der Waals surface area contributed by atoms with Crippen LogP contribution >= 0.6 is 11.3 Å². The molecule has 0 unspecified atom stereocenters. The Morgan fingerprint density at radius 3 is 1.74 bits per heavy atom. The van der Waals surface area contributed by atoms with Gasteiger partial charge in [0, 0.05) is 33.6 Å². The maximum Gasteiger partial charge on any atom is 0.124 e. The zero-order chi connectivity index (χ0) is 34.9. The molecule has 0 fully saturated rings. The second-order valence-corrected chi connectivity index (χ2v) is 14.9. The Kier molecular flexibility index (Phi) is 6.67. The molecular formula is C50H32N2S. The summed E-state index contributed by atoms with van der Waals surface area (Å²) in [4.78, 5) is 8.93. The Hall–Kier alpha value is -6.55. The van der Waals surface area contributed by atoms with Crippen LogP contribution in [0.25, 0.3) is 54.2 Å². The van der Waals surface area contributed by atoms with Crippen molar-refractivity contribution in [3.8, 4) is 43.4 Å². The van der Waals surface area contributed by atoms with Gasteiger partial charge in [-0.25, -0.2) is 4.98 Å². The first-order valence-electron chi connectivity index (χ1n) is 18.1. The fourth-order valence-corrected chi connectivity index (χ4v) is 10.1. The summed E-state index contributed by atoms with van der Waals surface area (Å²) in [5, 5.41) is 3.64. The van der Waals surface area contributed by atoms with E-state index < -0.39 is 5.41 Å². The smallest absolute Gasteiger partial charge is 0.124 e. The molecular weight excluding hydrogens is 661 g/mol. The van der Waals surface area contributed by atoms with Gasteiger partial charge in [0.25, 0.3) is 0 Å². The predicted octanol–water partition coefficient (Wildman–Crippen LogP) is 13.4. The topological polar surface area (TPSA) is 16.1 Å². The van der Waals surface area contributed by atoms with Crippen molar-refractivity contribution in [1.29, 1.82) is 0 Å². The number of hydrogen-bond acceptors (Lipinski definition) is 3. The second kappa shape index (κ2) is 11.7. The van der Waals surface area contributed by atoms with Gasteiger partial charge in [0.1, 0.15) is 5.01 Å². The van der Waals surface area contributed by atoms with Crippen molar-refractivity contribution < 1.29 is 0 Å². The minimum atomic E-state index is -0.467. The first-order chi connectivity index (χ1) is 26.3. The van der Waals surface area contributed by atoms with E-state index >= 15 is 0 Å². The highest BCUT2D eigenvalue weighted by molar-refractivity contribution is 7.19. The normalized spacial score (nSPS) is 13.1. The van der Waals surface area contributed by atoms with Crippen LogP contribution in [0, 0.1) is 0 Å². The third kappa shape index (κ3) is 4.35. The van der Waals surface area contributed by atoms with Crippen molar-refractivity contribution in [3.63, 3.8) is 0 Å². The molecule has 11 rings (SSSR count). The molecule has 0 saturated carbocycles. The van der Waals surface area contributed by atoms with Gasteiger partial charge in [0.2, 0.25) is 0 Å². The van der Waals surface area contributed by atoms with E-state index in [1.54, 1.807) is 11.3 Å². The number of hydrogen-bond donors (Lipinski definition) is 0. The molecule has 8 aromatic carbocycles. The number of para-hydroxylation sites is 1. The van der Waals surface area contributed by atoms with Crippen LogP contribution in [-0.4, -0.2) is 4.98 Å². The third-order valence-electron chi connectivity index (χ3n) is 11.1. The summed E-state index contributed by atoms with van der Waals surface area (Å²) in [5.41, 5.74) is 15.3. The highest BCUT2D eigenvalue weighted by Gasteiger charge is 2.47. The second-order valence-electron chi connectivity index (χ2n) is 13.9. The molecule has 1 heterocycles. The molecule has 0 radical (unpaired) electrons. The molecule has 53 heavy (non-hydrogen) atoms. The molecule has 0 aliphatic heterocycles. The lowest BCUT2D eigenvalue weighted by Crippen LogP contribution is -2.28. The SMILES string of the molecule is c1ccc(N(c2ccc(-c3nc4c(s3)-c3cccc5cccc-4c35)cc2)c2cccc3c2-c2ccccc2C3(c2ccccc2)c2ccccc2)cc1. The van der Waals surface area contributed by atoms with Crippen LogP contribution in [0.5, 0.6) is 0 Å². The van der Waals surface area contributed by atoms with E-state index in [-0.39, 0.29) is 0 Å². The molecule has 2 nitrogen and oxygen atoms in total. The molecule has 248 valence electrons. The van der Waals surface area contributed by atoms with Crippen LogP contribution in [0.3, 0.4) is 0 Å². The molecule has 3 heteroatoms. The summed E-state index contributed by atoms with van der Waals surface area (Å²) in [6.07, 6.45) is 0. The van der Waals surface area contributed by atoms with Gasteiger partial charge in [-0.15, -0.1) is 11.3 Å². The quantitative estimate of drug-likeness (QED) is 0.172. The summed E-state index contributed by atoms with van der Waals surface area (Å²) < 4.78 is 0. The van der Waals surface area contributed by atoms with Gasteiger partial charge < -0.3 is 4.90 Å². The lowest BCUT2D eigenvalue weighted by atomic mass is 9.68. The average Bonchev–Trinajstić information content (AvgIpc) is 3.89. The van der Waals surface area contributed by atoms with Gasteiger partial charge in [0.05, 0.1) is 21.7 Å². The van der Waals surface area contributed by atoms with E-state index in [0.717, 1.165) is 33.3 Å². The van der Waals surface area contributed by atoms with E-state index in [9.17, 15) is 0 Å². The highest BCUT2D eigenvalue weighted by Crippen LogP contribution is 2.59. The van der Waals surface area contributed by atoms with Gasteiger partial charge in [-0.2, -0.15) is 0 Å². The maximum absolute atomic E-state index is 5.24. The van der Waals surface area contributed by atoms with Gasteiger partial charge >= 0.3 is 0 Å². The predicted molar refractivity (Wildman–Crippen MR) is 221 cm³/mol. The maximum atomic E-state index is 5.24. The molecule has 9 aromatic rings. The molecule has 2 aliphatic carbocycles. The third-order valence-corrected chi connectivity index (χ3v) is 12.3. The summed E-state index contributed by atoms with van der Waals surface area (Å²) in [6.45, 7) is 0. The van der Waals surface area contributed by atoms with Crippen molar-refractivity contribution in [1.82, 2.24) is 4.98 Å². The number of aromatic nitrogens is 1. The van der Waals surface area contributed by atoms with E-state index in [1.807, 2.05) is 0 Å². The molecule has 0 N–H and O–H groups in total. The molecule has 0 spiro atoms. The van der Waals surface area contributed by atoms with Crippen LogP contribution < -0.4 is 4.90 Å². The Bertz CT molecular complexity index is 2730. The number of anilines is 3. The Morgan fingerprint density at radius 1 is 0.453 bits per heavy atom. The minimum absolute atomic E-state index is 0.467.